The molecule has 0 aliphatic carbocycles. The zero-order chi connectivity index (χ0) is 14.2. The molecule has 0 saturated heterocycles. The van der Waals surface area contributed by atoms with Gasteiger partial charge in [0, 0.05) is 30.9 Å². The van der Waals surface area contributed by atoms with E-state index in [2.05, 4.69) is 53.3 Å². The largest absolute Gasteiger partial charge is 0.330 e. The molecule has 3 heteroatoms. The van der Waals surface area contributed by atoms with Crippen LogP contribution >= 0.6 is 0 Å². The van der Waals surface area contributed by atoms with Crippen molar-refractivity contribution in [2.24, 2.45) is 5.73 Å². The Bertz CT molecular complexity index is 484. The van der Waals surface area contributed by atoms with Gasteiger partial charge in [-0.3, -0.25) is 9.88 Å². The third-order valence-electron chi connectivity index (χ3n) is 3.60. The number of aromatic nitrogens is 1. The molecular formula is C17H23N3. The Hall–Kier alpha value is -1.71. The van der Waals surface area contributed by atoms with E-state index in [4.69, 9.17) is 5.73 Å². The van der Waals surface area contributed by atoms with Crippen LogP contribution in [-0.2, 0) is 6.42 Å². The van der Waals surface area contributed by atoms with Crippen molar-refractivity contribution in [3.8, 4) is 0 Å². The molecule has 20 heavy (non-hydrogen) atoms. The van der Waals surface area contributed by atoms with Crippen LogP contribution in [0.25, 0.3) is 0 Å². The van der Waals surface area contributed by atoms with E-state index in [9.17, 15) is 0 Å². The molecule has 2 rings (SSSR count). The van der Waals surface area contributed by atoms with Crippen molar-refractivity contribution in [3.63, 3.8) is 0 Å². The van der Waals surface area contributed by atoms with Gasteiger partial charge in [0.25, 0.3) is 0 Å². The van der Waals surface area contributed by atoms with Gasteiger partial charge in [0.2, 0.25) is 0 Å². The molecule has 0 spiro atoms. The molecular weight excluding hydrogens is 246 g/mol. The third kappa shape index (κ3) is 4.15. The highest BCUT2D eigenvalue weighted by Crippen LogP contribution is 2.22. The summed E-state index contributed by atoms with van der Waals surface area (Å²) in [6, 6.07) is 17.0. The summed E-state index contributed by atoms with van der Waals surface area (Å²) in [5.74, 6) is 0. The molecule has 0 saturated carbocycles. The molecule has 1 heterocycles. The Balaban J connectivity index is 1.99. The fraction of sp³-hybridized carbons (Fsp3) is 0.353. The average molecular weight is 269 g/mol. The van der Waals surface area contributed by atoms with Crippen LogP contribution in [0.2, 0.25) is 0 Å². The zero-order valence-corrected chi connectivity index (χ0v) is 12.1. The van der Waals surface area contributed by atoms with E-state index in [0.29, 0.717) is 12.6 Å². The topological polar surface area (TPSA) is 42.2 Å². The summed E-state index contributed by atoms with van der Waals surface area (Å²) in [6.45, 7) is 1.68. The third-order valence-corrected chi connectivity index (χ3v) is 3.60. The molecule has 106 valence electrons. The predicted molar refractivity (Wildman–Crippen MR) is 83.4 cm³/mol. The van der Waals surface area contributed by atoms with Gasteiger partial charge in [0.15, 0.2) is 0 Å². The van der Waals surface area contributed by atoms with Crippen molar-refractivity contribution >= 4 is 0 Å². The molecule has 0 amide bonds. The lowest BCUT2D eigenvalue weighted by Crippen LogP contribution is -2.28. The fourth-order valence-electron chi connectivity index (χ4n) is 2.47. The summed E-state index contributed by atoms with van der Waals surface area (Å²) < 4.78 is 0. The lowest BCUT2D eigenvalue weighted by molar-refractivity contribution is 0.237. The fourth-order valence-corrected chi connectivity index (χ4v) is 2.47. The van der Waals surface area contributed by atoms with Crippen molar-refractivity contribution in [2.45, 2.75) is 18.9 Å². The van der Waals surface area contributed by atoms with E-state index in [-0.39, 0.29) is 0 Å². The number of likely N-dealkylation sites (N-methyl/N-ethyl adjacent to an activating group) is 1. The molecule has 0 aliphatic heterocycles. The Morgan fingerprint density at radius 3 is 2.50 bits per heavy atom. The number of nitrogens with two attached hydrogens (primary N) is 1. The minimum absolute atomic E-state index is 0.380. The molecule has 0 fully saturated rings. The highest BCUT2D eigenvalue weighted by atomic mass is 15.1. The van der Waals surface area contributed by atoms with Gasteiger partial charge in [-0.05, 0) is 37.7 Å². The first kappa shape index (κ1) is 14.7. The molecule has 3 nitrogen and oxygen atoms in total. The lowest BCUT2D eigenvalue weighted by atomic mass is 10.0. The van der Waals surface area contributed by atoms with E-state index in [1.54, 1.807) is 0 Å². The molecule has 0 aliphatic rings. The summed E-state index contributed by atoms with van der Waals surface area (Å²) in [7, 11) is 2.16. The predicted octanol–water partition coefficient (Wildman–Crippen LogP) is 2.65. The first-order valence-electron chi connectivity index (χ1n) is 7.16. The minimum atomic E-state index is 0.380. The maximum absolute atomic E-state index is 5.77. The Labute approximate surface area is 121 Å². The van der Waals surface area contributed by atoms with Crippen LogP contribution in [0.5, 0.6) is 0 Å². The molecule has 1 aromatic carbocycles. The van der Waals surface area contributed by atoms with E-state index in [1.807, 2.05) is 18.3 Å². The van der Waals surface area contributed by atoms with Crippen LogP contribution in [0, 0.1) is 0 Å². The molecule has 2 N–H and O–H groups in total. The van der Waals surface area contributed by atoms with Gasteiger partial charge in [0.05, 0.1) is 0 Å². The summed E-state index contributed by atoms with van der Waals surface area (Å²) >= 11 is 0. The second kappa shape index (κ2) is 7.78. The van der Waals surface area contributed by atoms with Gasteiger partial charge in [-0.15, -0.1) is 0 Å². The molecule has 0 bridgehead atoms. The highest BCUT2D eigenvalue weighted by molar-refractivity contribution is 5.19. The van der Waals surface area contributed by atoms with Gasteiger partial charge < -0.3 is 5.73 Å². The minimum Gasteiger partial charge on any atom is -0.330 e. The SMILES string of the molecule is CN(CCc1ccccn1)C(CCN)c1ccccc1. The number of benzene rings is 1. The molecule has 2 aromatic rings. The first-order valence-corrected chi connectivity index (χ1v) is 7.16. The Morgan fingerprint density at radius 2 is 1.85 bits per heavy atom. The molecule has 1 unspecified atom stereocenters. The maximum Gasteiger partial charge on any atom is 0.0416 e. The Kier molecular flexibility index (Phi) is 5.71. The molecule has 1 atom stereocenters. The van der Waals surface area contributed by atoms with Crippen molar-refractivity contribution in [3.05, 3.63) is 66.0 Å². The van der Waals surface area contributed by atoms with Crippen molar-refractivity contribution in [1.82, 2.24) is 9.88 Å². The van der Waals surface area contributed by atoms with Gasteiger partial charge >= 0.3 is 0 Å². The molecule has 0 radical (unpaired) electrons. The van der Waals surface area contributed by atoms with E-state index in [1.165, 1.54) is 5.56 Å². The Morgan fingerprint density at radius 1 is 1.10 bits per heavy atom. The number of hydrogen-bond acceptors (Lipinski definition) is 3. The number of rotatable bonds is 7. The van der Waals surface area contributed by atoms with Crippen LogP contribution in [0.15, 0.2) is 54.7 Å². The second-order valence-corrected chi connectivity index (χ2v) is 5.06. The molecule has 1 aromatic heterocycles. The van der Waals surface area contributed by atoms with Gasteiger partial charge in [-0.2, -0.15) is 0 Å². The van der Waals surface area contributed by atoms with Crippen LogP contribution in [-0.4, -0.2) is 30.0 Å². The van der Waals surface area contributed by atoms with E-state index < -0.39 is 0 Å². The number of pyridine rings is 1. The number of nitrogens with zero attached hydrogens (tertiary/aromatic N) is 2. The normalized spacial score (nSPS) is 12.6. The van der Waals surface area contributed by atoms with Crippen molar-refractivity contribution in [1.29, 1.82) is 0 Å². The van der Waals surface area contributed by atoms with Gasteiger partial charge in [-0.1, -0.05) is 36.4 Å². The zero-order valence-electron chi connectivity index (χ0n) is 12.1. The standard InChI is InChI=1S/C17H23N3/c1-20(14-11-16-9-5-6-13-19-16)17(10-12-18)15-7-3-2-4-8-15/h2-9,13,17H,10-12,14,18H2,1H3. The van der Waals surface area contributed by atoms with Gasteiger partial charge in [0.1, 0.15) is 0 Å². The monoisotopic (exact) mass is 269 g/mol. The van der Waals surface area contributed by atoms with Gasteiger partial charge in [-0.25, -0.2) is 0 Å². The quantitative estimate of drug-likeness (QED) is 0.840. The first-order chi connectivity index (χ1) is 9.81. The van der Waals surface area contributed by atoms with E-state index in [0.717, 1.165) is 25.1 Å². The van der Waals surface area contributed by atoms with Crippen LogP contribution in [0.3, 0.4) is 0 Å². The van der Waals surface area contributed by atoms with Crippen LogP contribution < -0.4 is 5.73 Å². The van der Waals surface area contributed by atoms with Crippen molar-refractivity contribution in [2.75, 3.05) is 20.1 Å². The van der Waals surface area contributed by atoms with Crippen LogP contribution in [0.1, 0.15) is 23.7 Å². The summed E-state index contributed by atoms with van der Waals surface area (Å²) in [4.78, 5) is 6.75. The average Bonchev–Trinajstić information content (AvgIpc) is 2.52. The summed E-state index contributed by atoms with van der Waals surface area (Å²) in [5.41, 5.74) is 8.25. The van der Waals surface area contributed by atoms with Crippen molar-refractivity contribution < 1.29 is 0 Å². The summed E-state index contributed by atoms with van der Waals surface area (Å²) in [6.07, 6.45) is 3.79. The second-order valence-electron chi connectivity index (χ2n) is 5.06. The summed E-state index contributed by atoms with van der Waals surface area (Å²) in [5, 5.41) is 0. The smallest absolute Gasteiger partial charge is 0.0416 e. The number of hydrogen-bond donors (Lipinski definition) is 1. The maximum atomic E-state index is 5.77. The lowest BCUT2D eigenvalue weighted by Gasteiger charge is -2.28. The van der Waals surface area contributed by atoms with Crippen LogP contribution in [0.4, 0.5) is 0 Å². The van der Waals surface area contributed by atoms with E-state index >= 15 is 0 Å². The highest BCUT2D eigenvalue weighted by Gasteiger charge is 2.15.